The Hall–Kier alpha value is -3.26. The van der Waals surface area contributed by atoms with Crippen molar-refractivity contribution in [3.8, 4) is 23.0 Å². The summed E-state index contributed by atoms with van der Waals surface area (Å²) in [6.07, 6.45) is 0.999. The highest BCUT2D eigenvalue weighted by Gasteiger charge is 2.42. The lowest BCUT2D eigenvalue weighted by atomic mass is 9.85. The summed E-state index contributed by atoms with van der Waals surface area (Å²) in [4.78, 5) is 29.0. The van der Waals surface area contributed by atoms with Crippen molar-refractivity contribution < 1.29 is 33.6 Å². The maximum atomic E-state index is 13.9. The third-order valence-corrected chi connectivity index (χ3v) is 7.45. The Labute approximate surface area is 219 Å². The summed E-state index contributed by atoms with van der Waals surface area (Å²) in [6.45, 7) is 9.33. The van der Waals surface area contributed by atoms with Crippen molar-refractivity contribution in [3.63, 3.8) is 0 Å². The molecule has 0 aliphatic carbocycles. The lowest BCUT2D eigenvalue weighted by Crippen LogP contribution is -2.46. The molecule has 1 N–H and O–H groups in total. The van der Waals surface area contributed by atoms with Crippen molar-refractivity contribution in [1.29, 1.82) is 0 Å². The first kappa shape index (κ1) is 28.3. The molecule has 1 aliphatic rings. The third kappa shape index (κ3) is 4.75. The summed E-state index contributed by atoms with van der Waals surface area (Å²) in [5.41, 5.74) is 5.22. The Kier molecular flexibility index (Phi) is 8.74. The fourth-order valence-corrected chi connectivity index (χ4v) is 5.78. The van der Waals surface area contributed by atoms with E-state index in [0.717, 1.165) is 28.0 Å². The van der Waals surface area contributed by atoms with Crippen LogP contribution in [0.3, 0.4) is 0 Å². The Morgan fingerprint density at radius 1 is 1.00 bits per heavy atom. The minimum atomic E-state index is -0.430. The Balaban J connectivity index is 2.06. The molecule has 3 rings (SSSR count). The monoisotopic (exact) mass is 513 g/mol. The van der Waals surface area contributed by atoms with Crippen molar-refractivity contribution in [3.05, 3.63) is 45.0 Å². The molecule has 8 nitrogen and oxygen atoms in total. The normalized spacial score (nSPS) is 15.8. The van der Waals surface area contributed by atoms with Crippen molar-refractivity contribution >= 4 is 11.7 Å². The molecule has 1 amide bonds. The number of hydrogen-bond acceptors (Lipinski definition) is 7. The summed E-state index contributed by atoms with van der Waals surface area (Å²) in [7, 11) is 6.22. The number of amides is 1. The summed E-state index contributed by atoms with van der Waals surface area (Å²) < 4.78 is 22.5. The quantitative estimate of drug-likeness (QED) is 0.528. The minimum Gasteiger partial charge on any atom is -0.496 e. The Bertz CT molecular complexity index is 1200. The molecule has 2 atom stereocenters. The van der Waals surface area contributed by atoms with E-state index in [1.54, 1.807) is 19.1 Å². The van der Waals surface area contributed by atoms with Crippen LogP contribution < -0.4 is 18.9 Å². The standard InChI is InChI=1S/C29H39NO7/c1-10-21-23-24(26(35-7)18(5)27(36-8)28(23)37-9)22(32)13-30(21)29(33)16(3)12-19-11-15(2)25(34-6)17(4)20(19)14-31/h11,16,21,31H,10,12-14H2,1-9H3/t16-,21-/m0/s1. The molecule has 0 radical (unpaired) electrons. The minimum absolute atomic E-state index is 0.0481. The number of aryl methyl sites for hydroxylation is 1. The van der Waals surface area contributed by atoms with Gasteiger partial charge < -0.3 is 29.0 Å². The van der Waals surface area contributed by atoms with Gasteiger partial charge in [0.05, 0.1) is 53.2 Å². The number of benzene rings is 2. The summed E-state index contributed by atoms with van der Waals surface area (Å²) in [5.74, 6) is 1.36. The molecule has 0 saturated carbocycles. The van der Waals surface area contributed by atoms with Gasteiger partial charge in [-0.2, -0.15) is 0 Å². The highest BCUT2D eigenvalue weighted by Crippen LogP contribution is 2.50. The predicted molar refractivity (Wildman–Crippen MR) is 141 cm³/mol. The van der Waals surface area contributed by atoms with Gasteiger partial charge in [-0.15, -0.1) is 0 Å². The van der Waals surface area contributed by atoms with E-state index in [9.17, 15) is 14.7 Å². The number of carbonyl (C=O) groups excluding carboxylic acids is 2. The van der Waals surface area contributed by atoms with Crippen LogP contribution in [0.2, 0.25) is 0 Å². The highest BCUT2D eigenvalue weighted by molar-refractivity contribution is 6.06. The third-order valence-electron chi connectivity index (χ3n) is 7.45. The van der Waals surface area contributed by atoms with E-state index < -0.39 is 12.0 Å². The maximum absolute atomic E-state index is 13.9. The molecule has 0 bridgehead atoms. The van der Waals surface area contributed by atoms with E-state index in [4.69, 9.17) is 18.9 Å². The molecule has 37 heavy (non-hydrogen) atoms. The first-order chi connectivity index (χ1) is 17.6. The summed E-state index contributed by atoms with van der Waals surface area (Å²) >= 11 is 0. The number of nitrogens with zero attached hydrogens (tertiary/aromatic N) is 1. The molecule has 8 heteroatoms. The van der Waals surface area contributed by atoms with Gasteiger partial charge in [0.25, 0.3) is 0 Å². The van der Waals surface area contributed by atoms with Crippen LogP contribution in [-0.4, -0.2) is 56.7 Å². The zero-order chi connectivity index (χ0) is 27.6. The smallest absolute Gasteiger partial charge is 0.226 e. The van der Waals surface area contributed by atoms with Gasteiger partial charge in [0, 0.05) is 17.0 Å². The van der Waals surface area contributed by atoms with Gasteiger partial charge in [-0.1, -0.05) is 19.9 Å². The van der Waals surface area contributed by atoms with Gasteiger partial charge in [0.15, 0.2) is 17.3 Å². The average molecular weight is 514 g/mol. The number of hydrogen-bond donors (Lipinski definition) is 1. The van der Waals surface area contributed by atoms with Crippen molar-refractivity contribution in [2.75, 3.05) is 35.0 Å². The zero-order valence-corrected chi connectivity index (χ0v) is 23.4. The van der Waals surface area contributed by atoms with Crippen LogP contribution in [0.4, 0.5) is 0 Å². The molecule has 2 aromatic rings. The fraction of sp³-hybridized carbons (Fsp3) is 0.517. The molecule has 0 saturated heterocycles. The topological polar surface area (TPSA) is 94.5 Å². The first-order valence-corrected chi connectivity index (χ1v) is 12.5. The zero-order valence-electron chi connectivity index (χ0n) is 23.4. The van der Waals surface area contributed by atoms with E-state index >= 15 is 0 Å². The van der Waals surface area contributed by atoms with Gasteiger partial charge >= 0.3 is 0 Å². The number of aliphatic hydroxyl groups excluding tert-OH is 1. The van der Waals surface area contributed by atoms with Gasteiger partial charge in [0.2, 0.25) is 5.91 Å². The van der Waals surface area contributed by atoms with Gasteiger partial charge in [-0.25, -0.2) is 0 Å². The number of ether oxygens (including phenoxy) is 4. The van der Waals surface area contributed by atoms with Crippen LogP contribution in [0.25, 0.3) is 0 Å². The van der Waals surface area contributed by atoms with Crippen LogP contribution >= 0.6 is 0 Å². The fourth-order valence-electron chi connectivity index (χ4n) is 5.78. The van der Waals surface area contributed by atoms with Crippen LogP contribution in [-0.2, 0) is 17.8 Å². The summed E-state index contributed by atoms with van der Waals surface area (Å²) in [6, 6.07) is 1.58. The second kappa shape index (κ2) is 11.4. The number of carbonyl (C=O) groups is 2. The van der Waals surface area contributed by atoms with Gasteiger partial charge in [-0.3, -0.25) is 9.59 Å². The van der Waals surface area contributed by atoms with E-state index in [0.29, 0.717) is 46.8 Å². The average Bonchev–Trinajstić information content (AvgIpc) is 2.87. The molecule has 202 valence electrons. The lowest BCUT2D eigenvalue weighted by Gasteiger charge is -2.39. The van der Waals surface area contributed by atoms with Crippen LogP contribution in [0.15, 0.2) is 6.07 Å². The first-order valence-electron chi connectivity index (χ1n) is 12.5. The number of Topliss-reactive ketones (excluding diaryl/α,β-unsaturated/α-hetero) is 1. The molecule has 0 unspecified atom stereocenters. The lowest BCUT2D eigenvalue weighted by molar-refractivity contribution is -0.137. The summed E-state index contributed by atoms with van der Waals surface area (Å²) in [5, 5.41) is 10.1. The second-order valence-corrected chi connectivity index (χ2v) is 9.58. The molecule has 0 aromatic heterocycles. The number of rotatable bonds is 9. The van der Waals surface area contributed by atoms with Crippen LogP contribution in [0, 0.1) is 26.7 Å². The molecule has 2 aromatic carbocycles. The number of ketones is 1. The molecule has 1 aliphatic heterocycles. The molecular weight excluding hydrogens is 474 g/mol. The Morgan fingerprint density at radius 3 is 2.11 bits per heavy atom. The van der Waals surface area contributed by atoms with Crippen LogP contribution in [0.1, 0.15) is 70.0 Å². The van der Waals surface area contributed by atoms with E-state index in [1.165, 1.54) is 14.2 Å². The van der Waals surface area contributed by atoms with Crippen molar-refractivity contribution in [2.45, 2.75) is 60.1 Å². The highest BCUT2D eigenvalue weighted by atomic mass is 16.5. The number of fused-ring (bicyclic) bond motifs is 1. The Morgan fingerprint density at radius 2 is 1.59 bits per heavy atom. The largest absolute Gasteiger partial charge is 0.496 e. The SMILES string of the molecule is CC[C@H]1c2c(OC)c(OC)c(C)c(OC)c2C(=O)CN1C(=O)[C@@H](C)Cc1cc(C)c(OC)c(C)c1CO. The van der Waals surface area contributed by atoms with Gasteiger partial charge in [0.1, 0.15) is 11.5 Å². The second-order valence-electron chi connectivity index (χ2n) is 9.58. The van der Waals surface area contributed by atoms with Crippen LogP contribution in [0.5, 0.6) is 23.0 Å². The predicted octanol–water partition coefficient (Wildman–Crippen LogP) is 4.49. The van der Waals surface area contributed by atoms with Gasteiger partial charge in [-0.05, 0) is 55.9 Å². The molecule has 1 heterocycles. The van der Waals surface area contributed by atoms with Crippen molar-refractivity contribution in [2.24, 2.45) is 5.92 Å². The molecule has 0 fully saturated rings. The van der Waals surface area contributed by atoms with Crippen molar-refractivity contribution in [1.82, 2.24) is 4.90 Å². The maximum Gasteiger partial charge on any atom is 0.226 e. The van der Waals surface area contributed by atoms with E-state index in [-0.39, 0.29) is 24.8 Å². The molecular formula is C29H39NO7. The number of aliphatic hydroxyl groups is 1. The molecule has 0 spiro atoms. The van der Waals surface area contributed by atoms with E-state index in [1.807, 2.05) is 40.7 Å². The van der Waals surface area contributed by atoms with E-state index in [2.05, 4.69) is 0 Å². The number of methoxy groups -OCH3 is 4.